The van der Waals surface area contributed by atoms with Gasteiger partial charge in [-0.2, -0.15) is 0 Å². The lowest BCUT2D eigenvalue weighted by molar-refractivity contribution is 0.0244. The van der Waals surface area contributed by atoms with E-state index in [1.807, 2.05) is 13.0 Å². The second-order valence-corrected chi connectivity index (χ2v) is 7.81. The van der Waals surface area contributed by atoms with Gasteiger partial charge in [0.2, 0.25) is 17.7 Å². The zero-order valence-corrected chi connectivity index (χ0v) is 18.2. The monoisotopic (exact) mass is 437 g/mol. The molecule has 1 aliphatic rings. The molecule has 32 heavy (non-hydrogen) atoms. The molecular weight excluding hydrogens is 410 g/mol. The normalized spacial score (nSPS) is 15.4. The Labute approximate surface area is 186 Å². The van der Waals surface area contributed by atoms with Crippen LogP contribution in [0.2, 0.25) is 0 Å². The first-order valence-electron chi connectivity index (χ1n) is 10.6. The number of hydrogen-bond acceptors (Lipinski definition) is 8. The molecule has 0 bridgehead atoms. The molecule has 0 aliphatic carbocycles. The van der Waals surface area contributed by atoms with Crippen LogP contribution in [0.5, 0.6) is 5.88 Å². The highest BCUT2D eigenvalue weighted by Crippen LogP contribution is 2.33. The van der Waals surface area contributed by atoms with Crippen LogP contribution >= 0.6 is 0 Å². The van der Waals surface area contributed by atoms with E-state index in [2.05, 4.69) is 15.3 Å². The van der Waals surface area contributed by atoms with Gasteiger partial charge in [0.05, 0.1) is 30.7 Å². The fourth-order valence-corrected chi connectivity index (χ4v) is 3.68. The number of pyridine rings is 1. The molecule has 3 N–H and O–H groups in total. The number of carbonyl (C=O) groups excluding carboxylic acids is 1. The van der Waals surface area contributed by atoms with Crippen LogP contribution in [-0.4, -0.2) is 59.9 Å². The van der Waals surface area contributed by atoms with Gasteiger partial charge >= 0.3 is 0 Å². The van der Waals surface area contributed by atoms with Gasteiger partial charge in [0.15, 0.2) is 0 Å². The largest absolute Gasteiger partial charge is 0.474 e. The van der Waals surface area contributed by atoms with E-state index in [4.69, 9.17) is 24.9 Å². The molecule has 3 heterocycles. The molecule has 3 aromatic rings. The Morgan fingerprint density at radius 3 is 2.84 bits per heavy atom. The van der Waals surface area contributed by atoms with Crippen LogP contribution in [0.15, 0.2) is 36.7 Å². The van der Waals surface area contributed by atoms with Crippen molar-refractivity contribution in [1.29, 1.82) is 0 Å². The number of hydrogen-bond donors (Lipinski definition) is 2. The molecule has 0 unspecified atom stereocenters. The number of aromatic nitrogens is 3. The van der Waals surface area contributed by atoms with E-state index in [1.54, 1.807) is 37.7 Å². The lowest BCUT2D eigenvalue weighted by atomic mass is 10.0. The van der Waals surface area contributed by atoms with Crippen molar-refractivity contribution < 1.29 is 19.0 Å². The number of amides is 1. The highest BCUT2D eigenvalue weighted by atomic mass is 16.5. The van der Waals surface area contributed by atoms with E-state index in [1.165, 1.54) is 0 Å². The van der Waals surface area contributed by atoms with E-state index in [-0.39, 0.29) is 12.1 Å². The van der Waals surface area contributed by atoms with Crippen molar-refractivity contribution in [2.45, 2.75) is 31.9 Å². The van der Waals surface area contributed by atoms with E-state index >= 15 is 0 Å². The molecule has 1 aromatic carbocycles. The summed E-state index contributed by atoms with van der Waals surface area (Å²) < 4.78 is 16.8. The first kappa shape index (κ1) is 21.9. The number of fused-ring (bicyclic) bond motifs is 1. The van der Waals surface area contributed by atoms with Gasteiger partial charge in [-0.05, 0) is 24.6 Å². The Morgan fingerprint density at radius 2 is 2.09 bits per heavy atom. The number of nitrogens with zero attached hydrogens (tertiary/aromatic N) is 3. The van der Waals surface area contributed by atoms with Gasteiger partial charge in [-0.15, -0.1) is 0 Å². The number of anilines is 1. The standard InChI is InChI=1S/C23H27N5O4/c1-14(13-30-2)27-23-26-12-19-20(28-23)18(15-4-3-5-16(10-15)21(24)29)11-25-22(19)32-17-6-8-31-9-7-17/h3-5,10-12,14,17H,6-9,13H2,1-2H3,(H2,24,29)(H,26,27,28)/t14-/m0/s1. The zero-order valence-electron chi connectivity index (χ0n) is 18.2. The Hall–Kier alpha value is -3.30. The van der Waals surface area contributed by atoms with E-state index in [9.17, 15) is 4.79 Å². The van der Waals surface area contributed by atoms with E-state index < -0.39 is 5.91 Å². The van der Waals surface area contributed by atoms with Crippen LogP contribution in [0.1, 0.15) is 30.1 Å². The summed E-state index contributed by atoms with van der Waals surface area (Å²) >= 11 is 0. The predicted molar refractivity (Wildman–Crippen MR) is 121 cm³/mol. The van der Waals surface area contributed by atoms with Crippen LogP contribution in [0.25, 0.3) is 22.0 Å². The molecule has 0 spiro atoms. The van der Waals surface area contributed by atoms with Crippen LogP contribution in [0, 0.1) is 0 Å². The molecule has 1 saturated heterocycles. The average Bonchev–Trinajstić information content (AvgIpc) is 2.80. The van der Waals surface area contributed by atoms with Crippen molar-refractivity contribution in [1.82, 2.24) is 15.0 Å². The number of primary amides is 1. The SMILES string of the molecule is COC[C@H](C)Nc1ncc2c(OC3CCOCC3)ncc(-c3cccc(C(N)=O)c3)c2n1. The zero-order chi connectivity index (χ0) is 22.5. The first-order valence-corrected chi connectivity index (χ1v) is 10.6. The van der Waals surface area contributed by atoms with Gasteiger partial charge in [0.25, 0.3) is 0 Å². The highest BCUT2D eigenvalue weighted by molar-refractivity contribution is 5.98. The van der Waals surface area contributed by atoms with Gasteiger partial charge in [0, 0.05) is 49.5 Å². The summed E-state index contributed by atoms with van der Waals surface area (Å²) in [5.74, 6) is 0.463. The van der Waals surface area contributed by atoms with E-state index in [0.717, 1.165) is 24.0 Å². The van der Waals surface area contributed by atoms with Crippen LogP contribution in [-0.2, 0) is 9.47 Å². The number of nitrogens with two attached hydrogens (primary N) is 1. The maximum atomic E-state index is 11.7. The number of benzene rings is 1. The summed E-state index contributed by atoms with van der Waals surface area (Å²) in [5, 5.41) is 3.94. The summed E-state index contributed by atoms with van der Waals surface area (Å²) in [6, 6.07) is 7.12. The number of carbonyl (C=O) groups is 1. The molecule has 1 atom stereocenters. The van der Waals surface area contributed by atoms with Crippen molar-refractivity contribution in [3.63, 3.8) is 0 Å². The van der Waals surface area contributed by atoms with Crippen LogP contribution in [0.3, 0.4) is 0 Å². The Balaban J connectivity index is 1.78. The third kappa shape index (κ3) is 4.95. The maximum absolute atomic E-state index is 11.7. The second kappa shape index (κ2) is 9.88. The Morgan fingerprint density at radius 1 is 1.28 bits per heavy atom. The molecule has 168 valence electrons. The van der Waals surface area contributed by atoms with Crippen molar-refractivity contribution in [3.05, 3.63) is 42.2 Å². The molecule has 2 aromatic heterocycles. The third-order valence-electron chi connectivity index (χ3n) is 5.28. The molecule has 1 aliphatic heterocycles. The van der Waals surface area contributed by atoms with Gasteiger partial charge in [-0.3, -0.25) is 4.79 Å². The third-order valence-corrected chi connectivity index (χ3v) is 5.28. The molecular formula is C23H27N5O4. The highest BCUT2D eigenvalue weighted by Gasteiger charge is 2.20. The van der Waals surface area contributed by atoms with Gasteiger partial charge in [0.1, 0.15) is 6.10 Å². The van der Waals surface area contributed by atoms with Crippen LogP contribution < -0.4 is 15.8 Å². The minimum Gasteiger partial charge on any atom is -0.474 e. The van der Waals surface area contributed by atoms with Crippen molar-refractivity contribution in [2.24, 2.45) is 5.73 Å². The minimum atomic E-state index is -0.492. The summed E-state index contributed by atoms with van der Waals surface area (Å²) in [6.45, 7) is 3.84. The molecule has 9 nitrogen and oxygen atoms in total. The Kier molecular flexibility index (Phi) is 6.77. The van der Waals surface area contributed by atoms with Crippen molar-refractivity contribution >= 4 is 22.8 Å². The summed E-state index contributed by atoms with van der Waals surface area (Å²) in [4.78, 5) is 25.5. The first-order chi connectivity index (χ1) is 15.5. The fourth-order valence-electron chi connectivity index (χ4n) is 3.68. The molecule has 0 saturated carbocycles. The number of methoxy groups -OCH3 is 1. The fraction of sp³-hybridized carbons (Fsp3) is 0.391. The van der Waals surface area contributed by atoms with Crippen molar-refractivity contribution in [3.8, 4) is 17.0 Å². The Bertz CT molecular complexity index is 1100. The average molecular weight is 438 g/mol. The lowest BCUT2D eigenvalue weighted by Crippen LogP contribution is -2.26. The number of ether oxygens (including phenoxy) is 3. The minimum absolute atomic E-state index is 0.0267. The molecule has 9 heteroatoms. The number of rotatable bonds is 8. The second-order valence-electron chi connectivity index (χ2n) is 7.81. The van der Waals surface area contributed by atoms with E-state index in [0.29, 0.717) is 48.1 Å². The number of nitrogens with one attached hydrogen (secondary N) is 1. The smallest absolute Gasteiger partial charge is 0.248 e. The van der Waals surface area contributed by atoms with Gasteiger partial charge in [-0.25, -0.2) is 15.0 Å². The molecule has 1 fully saturated rings. The van der Waals surface area contributed by atoms with Crippen LogP contribution in [0.4, 0.5) is 5.95 Å². The predicted octanol–water partition coefficient (Wildman–Crippen LogP) is 2.80. The molecule has 4 rings (SSSR count). The summed E-state index contributed by atoms with van der Waals surface area (Å²) in [6.07, 6.45) is 5.07. The summed E-state index contributed by atoms with van der Waals surface area (Å²) in [7, 11) is 1.65. The molecule has 0 radical (unpaired) electrons. The molecule has 1 amide bonds. The maximum Gasteiger partial charge on any atom is 0.248 e. The lowest BCUT2D eigenvalue weighted by Gasteiger charge is -2.23. The van der Waals surface area contributed by atoms with Gasteiger partial charge in [-0.1, -0.05) is 12.1 Å². The van der Waals surface area contributed by atoms with Gasteiger partial charge < -0.3 is 25.3 Å². The van der Waals surface area contributed by atoms with Crippen molar-refractivity contribution in [2.75, 3.05) is 32.2 Å². The quantitative estimate of drug-likeness (QED) is 0.552. The summed E-state index contributed by atoms with van der Waals surface area (Å²) in [5.41, 5.74) is 8.10. The topological polar surface area (TPSA) is 121 Å².